The van der Waals surface area contributed by atoms with Crippen LogP contribution in [0.25, 0.3) is 0 Å². The third kappa shape index (κ3) is 5.14. The summed E-state index contributed by atoms with van der Waals surface area (Å²) in [5, 5.41) is 2.94. The highest BCUT2D eigenvalue weighted by atomic mass is 16.3. The Labute approximate surface area is 117 Å². The van der Waals surface area contributed by atoms with Crippen LogP contribution >= 0.6 is 0 Å². The zero-order chi connectivity index (χ0) is 14.7. The average Bonchev–Trinajstić information content (AvgIpc) is 2.25. The smallest absolute Gasteiger partial charge is 0.106 e. The van der Waals surface area contributed by atoms with Crippen LogP contribution in [0.4, 0.5) is 0 Å². The van der Waals surface area contributed by atoms with Crippen LogP contribution in [-0.4, -0.2) is 0 Å². The summed E-state index contributed by atoms with van der Waals surface area (Å²) in [6.07, 6.45) is 1.15. The van der Waals surface area contributed by atoms with Crippen molar-refractivity contribution in [2.24, 2.45) is 16.0 Å². The van der Waals surface area contributed by atoms with E-state index in [1.54, 1.807) is 0 Å². The highest BCUT2D eigenvalue weighted by Gasteiger charge is 2.30. The third-order valence-corrected chi connectivity index (χ3v) is 3.49. The minimum Gasteiger partial charge on any atom is -0.150 e. The number of hydrogen-bond donors (Lipinski definition) is 0. The van der Waals surface area contributed by atoms with Crippen molar-refractivity contribution >= 4 is 0 Å². The lowest BCUT2D eigenvalue weighted by Crippen LogP contribution is -2.23. The van der Waals surface area contributed by atoms with Gasteiger partial charge in [0.25, 0.3) is 0 Å². The molecule has 0 radical (unpaired) electrons. The maximum Gasteiger partial charge on any atom is 0.106 e. The standard InChI is InChI=1S/C17H27NO/c1-16(2,3)11-15(17(4,5)6)14-9-7-13(8-10-14)12-18-19/h7-10,15H,11-12H2,1-6H3. The summed E-state index contributed by atoms with van der Waals surface area (Å²) in [5.74, 6) is 0.519. The van der Waals surface area contributed by atoms with Crippen LogP contribution < -0.4 is 0 Å². The van der Waals surface area contributed by atoms with Gasteiger partial charge in [-0.25, -0.2) is 0 Å². The van der Waals surface area contributed by atoms with Gasteiger partial charge in [0.15, 0.2) is 0 Å². The number of nitroso groups, excluding NO2 is 1. The molecule has 0 aliphatic carbocycles. The second-order valence-corrected chi connectivity index (χ2v) is 7.71. The maximum absolute atomic E-state index is 10.3. The molecule has 2 heteroatoms. The largest absolute Gasteiger partial charge is 0.150 e. The predicted octanol–water partition coefficient (Wildman–Crippen LogP) is 5.52. The SMILES string of the molecule is CC(C)(C)CC(c1ccc(CN=O)cc1)C(C)(C)C. The van der Waals surface area contributed by atoms with E-state index in [9.17, 15) is 4.91 Å². The molecule has 0 saturated heterocycles. The summed E-state index contributed by atoms with van der Waals surface area (Å²) >= 11 is 0. The highest BCUT2D eigenvalue weighted by molar-refractivity contribution is 5.27. The summed E-state index contributed by atoms with van der Waals surface area (Å²) < 4.78 is 0. The molecule has 0 aliphatic rings. The first kappa shape index (κ1) is 15.9. The molecule has 0 N–H and O–H groups in total. The van der Waals surface area contributed by atoms with E-state index < -0.39 is 0 Å². The summed E-state index contributed by atoms with van der Waals surface area (Å²) in [6, 6.07) is 8.36. The first-order valence-electron chi connectivity index (χ1n) is 7.01. The third-order valence-electron chi connectivity index (χ3n) is 3.49. The Hall–Kier alpha value is -1.18. The molecule has 19 heavy (non-hydrogen) atoms. The van der Waals surface area contributed by atoms with Gasteiger partial charge < -0.3 is 0 Å². The van der Waals surface area contributed by atoms with E-state index >= 15 is 0 Å². The lowest BCUT2D eigenvalue weighted by molar-refractivity contribution is 0.229. The van der Waals surface area contributed by atoms with Gasteiger partial charge in [-0.3, -0.25) is 0 Å². The molecule has 0 spiro atoms. The van der Waals surface area contributed by atoms with E-state index in [-0.39, 0.29) is 12.0 Å². The van der Waals surface area contributed by atoms with E-state index in [1.165, 1.54) is 5.56 Å². The molecule has 1 atom stereocenters. The fourth-order valence-corrected chi connectivity index (χ4v) is 2.47. The molecule has 2 nitrogen and oxygen atoms in total. The van der Waals surface area contributed by atoms with Gasteiger partial charge in [0, 0.05) is 0 Å². The first-order chi connectivity index (χ1) is 8.63. The van der Waals surface area contributed by atoms with Gasteiger partial charge in [-0.05, 0) is 34.3 Å². The quantitative estimate of drug-likeness (QED) is 0.656. The predicted molar refractivity (Wildman–Crippen MR) is 82.2 cm³/mol. The first-order valence-corrected chi connectivity index (χ1v) is 7.01. The molecular formula is C17H27NO. The number of benzene rings is 1. The van der Waals surface area contributed by atoms with E-state index in [1.807, 2.05) is 12.1 Å². The molecule has 0 bridgehead atoms. The zero-order valence-corrected chi connectivity index (χ0v) is 13.2. The van der Waals surface area contributed by atoms with E-state index in [2.05, 4.69) is 58.9 Å². The molecule has 0 amide bonds. The Morgan fingerprint density at radius 1 is 1.00 bits per heavy atom. The van der Waals surface area contributed by atoms with Crippen molar-refractivity contribution in [3.8, 4) is 0 Å². The summed E-state index contributed by atoms with van der Waals surface area (Å²) in [4.78, 5) is 10.3. The van der Waals surface area contributed by atoms with Crippen LogP contribution in [0.15, 0.2) is 29.4 Å². The second-order valence-electron chi connectivity index (χ2n) is 7.71. The van der Waals surface area contributed by atoms with Crippen LogP contribution in [0.3, 0.4) is 0 Å². The van der Waals surface area contributed by atoms with Crippen LogP contribution in [0.2, 0.25) is 0 Å². The Kier molecular flexibility index (Phi) is 4.89. The van der Waals surface area contributed by atoms with Crippen molar-refractivity contribution < 1.29 is 0 Å². The Morgan fingerprint density at radius 2 is 1.53 bits per heavy atom. The van der Waals surface area contributed by atoms with Crippen molar-refractivity contribution in [3.63, 3.8) is 0 Å². The summed E-state index contributed by atoms with van der Waals surface area (Å²) in [7, 11) is 0. The van der Waals surface area contributed by atoms with E-state index in [0.717, 1.165) is 12.0 Å². The monoisotopic (exact) mass is 261 g/mol. The molecule has 1 aromatic carbocycles. The molecule has 106 valence electrons. The molecule has 1 rings (SSSR count). The van der Waals surface area contributed by atoms with Gasteiger partial charge in [-0.15, -0.1) is 0 Å². The fraction of sp³-hybridized carbons (Fsp3) is 0.647. The minimum atomic E-state index is 0.234. The van der Waals surface area contributed by atoms with Gasteiger partial charge in [-0.1, -0.05) is 71.0 Å². The van der Waals surface area contributed by atoms with E-state index in [0.29, 0.717) is 11.3 Å². The van der Waals surface area contributed by atoms with Crippen LogP contribution in [-0.2, 0) is 6.54 Å². The van der Waals surface area contributed by atoms with Gasteiger partial charge in [0.05, 0.1) is 0 Å². The topological polar surface area (TPSA) is 29.4 Å². The summed E-state index contributed by atoms with van der Waals surface area (Å²) in [5.41, 5.74) is 2.89. The fourth-order valence-electron chi connectivity index (χ4n) is 2.47. The number of hydrogen-bond acceptors (Lipinski definition) is 2. The molecule has 1 aromatic rings. The van der Waals surface area contributed by atoms with Crippen molar-refractivity contribution in [3.05, 3.63) is 40.3 Å². The molecule has 0 fully saturated rings. The lowest BCUT2D eigenvalue weighted by atomic mass is 9.69. The van der Waals surface area contributed by atoms with Crippen LogP contribution in [0.1, 0.15) is 65.0 Å². The summed E-state index contributed by atoms with van der Waals surface area (Å²) in [6.45, 7) is 14.0. The lowest BCUT2D eigenvalue weighted by Gasteiger charge is -2.36. The molecule has 1 unspecified atom stereocenters. The molecule has 0 saturated carbocycles. The van der Waals surface area contributed by atoms with E-state index in [4.69, 9.17) is 0 Å². The van der Waals surface area contributed by atoms with Gasteiger partial charge in [0.2, 0.25) is 0 Å². The average molecular weight is 261 g/mol. The van der Waals surface area contributed by atoms with Crippen LogP contribution in [0.5, 0.6) is 0 Å². The van der Waals surface area contributed by atoms with Gasteiger partial charge in [0.1, 0.15) is 6.54 Å². The zero-order valence-electron chi connectivity index (χ0n) is 13.2. The maximum atomic E-state index is 10.3. The van der Waals surface area contributed by atoms with Crippen molar-refractivity contribution in [2.75, 3.05) is 0 Å². The Bertz CT molecular complexity index is 406. The Balaban J connectivity index is 3.01. The number of nitrogens with zero attached hydrogens (tertiary/aromatic N) is 1. The van der Waals surface area contributed by atoms with Gasteiger partial charge in [-0.2, -0.15) is 4.91 Å². The van der Waals surface area contributed by atoms with Crippen molar-refractivity contribution in [1.29, 1.82) is 0 Å². The molecule has 0 heterocycles. The van der Waals surface area contributed by atoms with Gasteiger partial charge >= 0.3 is 0 Å². The molecule has 0 aromatic heterocycles. The second kappa shape index (κ2) is 5.85. The molecular weight excluding hydrogens is 234 g/mol. The number of rotatable bonds is 4. The highest BCUT2D eigenvalue weighted by Crippen LogP contribution is 2.42. The van der Waals surface area contributed by atoms with Crippen LogP contribution in [0, 0.1) is 15.7 Å². The molecule has 0 aliphatic heterocycles. The minimum absolute atomic E-state index is 0.234. The normalized spacial score (nSPS) is 14.2. The Morgan fingerprint density at radius 3 is 1.89 bits per heavy atom. The van der Waals surface area contributed by atoms with Crippen molar-refractivity contribution in [1.82, 2.24) is 0 Å². The van der Waals surface area contributed by atoms with Crippen molar-refractivity contribution in [2.45, 2.75) is 60.4 Å².